The van der Waals surface area contributed by atoms with Gasteiger partial charge in [0.15, 0.2) is 0 Å². The van der Waals surface area contributed by atoms with Crippen molar-refractivity contribution in [3.05, 3.63) is 6.61 Å². The van der Waals surface area contributed by atoms with E-state index in [0.29, 0.717) is 6.42 Å². The van der Waals surface area contributed by atoms with Crippen molar-refractivity contribution in [2.45, 2.75) is 46.5 Å². The van der Waals surface area contributed by atoms with Crippen molar-refractivity contribution in [1.82, 2.24) is 0 Å². The summed E-state index contributed by atoms with van der Waals surface area (Å²) in [7, 11) is 0. The van der Waals surface area contributed by atoms with Gasteiger partial charge in [-0.25, -0.2) is 0 Å². The minimum atomic E-state index is -0.298. The van der Waals surface area contributed by atoms with E-state index in [-0.39, 0.29) is 11.4 Å². The Labute approximate surface area is 115 Å². The van der Waals surface area contributed by atoms with Crippen LogP contribution in [0.15, 0.2) is 0 Å². The van der Waals surface area contributed by atoms with Gasteiger partial charge in [0.1, 0.15) is 0 Å². The van der Waals surface area contributed by atoms with Gasteiger partial charge in [-0.2, -0.15) is 11.9 Å². The zero-order valence-electron chi connectivity index (χ0n) is 10.3. The first-order valence-corrected chi connectivity index (χ1v) is 12.2. The molecule has 0 amide bonds. The summed E-state index contributed by atoms with van der Waals surface area (Å²) in [6.07, 6.45) is 3.03. The normalized spacial score (nSPS) is 9.81. The summed E-state index contributed by atoms with van der Waals surface area (Å²) in [5, 5.41) is 8.53. The van der Waals surface area contributed by atoms with E-state index < -0.39 is 0 Å². The van der Waals surface area contributed by atoms with Crippen molar-refractivity contribution < 1.29 is 25.9 Å². The fourth-order valence-electron chi connectivity index (χ4n) is 1.34. The number of carbonyl (C=O) groups is 1. The maximum absolute atomic E-state index is 10.7. The number of carbonyl (C=O) groups excluding carboxylic acids is 1. The topological polar surface area (TPSA) is 50.1 Å². The number of hydrogen-bond acceptors (Lipinski definition) is 3. The molecule has 0 atom stereocenters. The molecule has 0 unspecified atom stereocenters. The van der Waals surface area contributed by atoms with E-state index in [9.17, 15) is 4.79 Å². The number of ether oxygens (including phenoxy) is 1. The first kappa shape index (κ1) is 18.4. The third-order valence-corrected chi connectivity index (χ3v) is 2.62. The molecular formula is C11H18BrNO2Zn. The standard InChI is InChI=1S/C11H18NO2.BrH.Zn/c1-4-11(5-2,7-6-8-12)9-14-10(3)13;;/h9H,4-7H2,1-3H3;1H;/q-1;;+2/p-1. The molecule has 0 saturated carbocycles. The van der Waals surface area contributed by atoms with Crippen LogP contribution < -0.4 is 0 Å². The molecular weight excluding hydrogens is 323 g/mol. The summed E-state index contributed by atoms with van der Waals surface area (Å²) < 4.78 is 4.91. The molecule has 0 aliphatic heterocycles. The Morgan fingerprint density at radius 3 is 2.31 bits per heavy atom. The molecule has 0 aliphatic carbocycles. The van der Waals surface area contributed by atoms with E-state index in [1.807, 2.05) is 13.8 Å². The van der Waals surface area contributed by atoms with Crippen molar-refractivity contribution in [3.8, 4) is 6.07 Å². The van der Waals surface area contributed by atoms with Gasteiger partial charge >= 0.3 is 30.0 Å². The molecule has 0 N–H and O–H groups in total. The maximum atomic E-state index is 10.7. The van der Waals surface area contributed by atoms with Crippen molar-refractivity contribution >= 4 is 19.6 Å². The van der Waals surface area contributed by atoms with Crippen LogP contribution >= 0.6 is 13.6 Å². The van der Waals surface area contributed by atoms with Crippen molar-refractivity contribution in [3.63, 3.8) is 0 Å². The van der Waals surface area contributed by atoms with Gasteiger partial charge in [0, 0.05) is 13.3 Å². The van der Waals surface area contributed by atoms with Gasteiger partial charge in [0.25, 0.3) is 5.97 Å². The second kappa shape index (κ2) is 11.5. The number of nitrogens with zero attached hydrogens (tertiary/aromatic N) is 1. The summed E-state index contributed by atoms with van der Waals surface area (Å²) in [5.74, 6) is -0.298. The second-order valence-electron chi connectivity index (χ2n) is 3.45. The Bertz CT molecular complexity index is 225. The number of hydrogen-bond donors (Lipinski definition) is 0. The molecule has 16 heavy (non-hydrogen) atoms. The molecule has 0 aromatic carbocycles. The summed E-state index contributed by atoms with van der Waals surface area (Å²) in [6.45, 7) is 7.07. The number of nitriles is 1. The monoisotopic (exact) mass is 339 g/mol. The zero-order chi connectivity index (χ0) is 13.0. The van der Waals surface area contributed by atoms with E-state index >= 15 is 0 Å². The molecule has 0 aromatic rings. The van der Waals surface area contributed by atoms with Crippen LogP contribution in [0.25, 0.3) is 0 Å². The summed E-state index contributed by atoms with van der Waals surface area (Å²) in [4.78, 5) is 10.7. The number of halogens is 1. The van der Waals surface area contributed by atoms with E-state index in [1.54, 1.807) is 6.61 Å². The average Bonchev–Trinajstić information content (AvgIpc) is 2.33. The van der Waals surface area contributed by atoms with Crippen LogP contribution in [0.2, 0.25) is 0 Å². The third kappa shape index (κ3) is 8.24. The average molecular weight is 342 g/mol. The molecule has 0 rings (SSSR count). The molecule has 0 radical (unpaired) electrons. The molecule has 0 fully saturated rings. The zero-order valence-corrected chi connectivity index (χ0v) is 14.8. The van der Waals surface area contributed by atoms with Gasteiger partial charge in [-0.15, -0.1) is 5.41 Å². The Kier molecular flexibility index (Phi) is 13.3. The van der Waals surface area contributed by atoms with Crippen LogP contribution in [0.1, 0.15) is 46.5 Å². The predicted octanol–water partition coefficient (Wildman–Crippen LogP) is 3.66. The second-order valence-corrected chi connectivity index (χ2v) is 3.45. The van der Waals surface area contributed by atoms with Crippen LogP contribution in [-0.2, 0) is 25.9 Å². The van der Waals surface area contributed by atoms with Crippen LogP contribution in [0.4, 0.5) is 0 Å². The van der Waals surface area contributed by atoms with Gasteiger partial charge in [0.2, 0.25) is 0 Å². The Balaban J connectivity index is 0. The van der Waals surface area contributed by atoms with Crippen molar-refractivity contribution in [1.29, 1.82) is 5.26 Å². The van der Waals surface area contributed by atoms with E-state index in [0.717, 1.165) is 19.3 Å². The van der Waals surface area contributed by atoms with Crippen molar-refractivity contribution in [2.24, 2.45) is 5.41 Å². The van der Waals surface area contributed by atoms with Gasteiger partial charge < -0.3 is 4.74 Å². The first-order valence-electron chi connectivity index (χ1n) is 5.25. The third-order valence-electron chi connectivity index (χ3n) is 2.62. The van der Waals surface area contributed by atoms with Crippen LogP contribution in [0, 0.1) is 23.4 Å². The van der Waals surface area contributed by atoms with E-state index in [1.165, 1.54) is 23.3 Å². The molecule has 0 heterocycles. The molecule has 0 aromatic heterocycles. The molecule has 5 heteroatoms. The fourth-order valence-corrected chi connectivity index (χ4v) is 1.34. The predicted molar refractivity (Wildman–Crippen MR) is 62.9 cm³/mol. The molecule has 0 bridgehead atoms. The summed E-state index contributed by atoms with van der Waals surface area (Å²) >= 11 is 4.25. The Hall–Kier alpha value is 0.0634. The quantitative estimate of drug-likeness (QED) is 0.421. The first-order chi connectivity index (χ1) is 7.60. The fraction of sp³-hybridized carbons (Fsp3) is 0.727. The van der Waals surface area contributed by atoms with E-state index in [2.05, 4.69) is 19.7 Å². The van der Waals surface area contributed by atoms with Crippen molar-refractivity contribution in [2.75, 3.05) is 0 Å². The van der Waals surface area contributed by atoms with Crippen LogP contribution in [-0.4, -0.2) is 5.97 Å². The summed E-state index contributed by atoms with van der Waals surface area (Å²) in [6, 6.07) is 2.12. The van der Waals surface area contributed by atoms with Gasteiger partial charge in [0.05, 0.1) is 6.07 Å². The minimum absolute atomic E-state index is 0.124. The van der Waals surface area contributed by atoms with Gasteiger partial charge in [-0.3, -0.25) is 4.79 Å². The summed E-state index contributed by atoms with van der Waals surface area (Å²) in [5.41, 5.74) is -0.124. The van der Waals surface area contributed by atoms with Gasteiger partial charge in [-0.05, 0) is 0 Å². The molecule has 0 saturated heterocycles. The van der Waals surface area contributed by atoms with Gasteiger partial charge in [-0.1, -0.05) is 33.1 Å². The van der Waals surface area contributed by atoms with Crippen LogP contribution in [0.5, 0.6) is 0 Å². The molecule has 0 spiro atoms. The molecule has 88 valence electrons. The Morgan fingerprint density at radius 1 is 1.50 bits per heavy atom. The van der Waals surface area contributed by atoms with E-state index in [4.69, 9.17) is 10.00 Å². The SMILES string of the molecule is CCC([CH-]OC(C)=O)(CC)CCC#N.[Zn+][Br]. The number of esters is 1. The molecule has 0 aliphatic rings. The number of rotatable bonds is 6. The van der Waals surface area contributed by atoms with Crippen LogP contribution in [0.3, 0.4) is 0 Å². The Morgan fingerprint density at radius 2 is 2.00 bits per heavy atom. The molecule has 3 nitrogen and oxygen atoms in total.